The monoisotopic (exact) mass is 300 g/mol. The van der Waals surface area contributed by atoms with Crippen molar-refractivity contribution in [2.24, 2.45) is 5.84 Å². The Morgan fingerprint density at radius 3 is 2.88 bits per heavy atom. The molecule has 0 saturated heterocycles. The molecule has 0 saturated carbocycles. The molecule has 3 nitrogen and oxygen atoms in total. The summed E-state index contributed by atoms with van der Waals surface area (Å²) in [5, 5.41) is 0. The number of ether oxygens (including phenoxy) is 1. The number of halogens is 2. The van der Waals surface area contributed by atoms with Crippen molar-refractivity contribution >= 4 is 15.9 Å². The fourth-order valence-corrected chi connectivity index (χ4v) is 2.51. The maximum atomic E-state index is 13.0. The van der Waals surface area contributed by atoms with Crippen LogP contribution in [0.15, 0.2) is 34.5 Å². The first-order valence-electron chi connectivity index (χ1n) is 5.44. The molecule has 17 heavy (non-hydrogen) atoms. The molecule has 0 bridgehead atoms. The van der Waals surface area contributed by atoms with Crippen LogP contribution in [0.3, 0.4) is 0 Å². The Bertz CT molecular complexity index is 437. The van der Waals surface area contributed by atoms with Gasteiger partial charge in [0.25, 0.3) is 0 Å². The number of hydrazine groups is 1. The van der Waals surface area contributed by atoms with Crippen LogP contribution in [0, 0.1) is 5.82 Å². The second-order valence-corrected chi connectivity index (χ2v) is 4.79. The van der Waals surface area contributed by atoms with Crippen LogP contribution in [0.2, 0.25) is 0 Å². The number of benzene rings is 1. The van der Waals surface area contributed by atoms with Crippen molar-refractivity contribution in [3.05, 3.63) is 45.9 Å². The Balaban J connectivity index is 2.31. The van der Waals surface area contributed by atoms with Crippen LogP contribution >= 0.6 is 15.9 Å². The summed E-state index contributed by atoms with van der Waals surface area (Å²) in [7, 11) is 0. The van der Waals surface area contributed by atoms with E-state index in [9.17, 15) is 4.39 Å². The first-order valence-corrected chi connectivity index (χ1v) is 6.23. The lowest BCUT2D eigenvalue weighted by atomic mass is 9.96. The van der Waals surface area contributed by atoms with Crippen molar-refractivity contribution < 1.29 is 9.13 Å². The van der Waals surface area contributed by atoms with Gasteiger partial charge >= 0.3 is 0 Å². The minimum atomic E-state index is -0.273. The molecule has 1 atom stereocenters. The quantitative estimate of drug-likeness (QED) is 0.666. The van der Waals surface area contributed by atoms with Gasteiger partial charge in [0.05, 0.1) is 18.9 Å². The molecule has 0 radical (unpaired) electrons. The summed E-state index contributed by atoms with van der Waals surface area (Å²) in [6, 6.07) is 4.43. The van der Waals surface area contributed by atoms with E-state index >= 15 is 0 Å². The number of hydrogen-bond donors (Lipinski definition) is 2. The lowest BCUT2D eigenvalue weighted by Gasteiger charge is -2.23. The summed E-state index contributed by atoms with van der Waals surface area (Å²) in [5.41, 5.74) is 4.73. The molecule has 1 aromatic rings. The number of nitrogens with two attached hydrogens (primary N) is 1. The summed E-state index contributed by atoms with van der Waals surface area (Å²) >= 11 is 3.35. The van der Waals surface area contributed by atoms with Gasteiger partial charge in [-0.2, -0.15) is 0 Å². The number of hydrogen-bond acceptors (Lipinski definition) is 3. The van der Waals surface area contributed by atoms with Crippen molar-refractivity contribution in [1.29, 1.82) is 0 Å². The smallest absolute Gasteiger partial charge is 0.124 e. The molecule has 5 heteroatoms. The van der Waals surface area contributed by atoms with Gasteiger partial charge in [-0.15, -0.1) is 0 Å². The van der Waals surface area contributed by atoms with E-state index in [2.05, 4.69) is 21.4 Å². The maximum Gasteiger partial charge on any atom is 0.124 e. The zero-order valence-electron chi connectivity index (χ0n) is 9.25. The number of nitrogens with one attached hydrogen (secondary N) is 1. The lowest BCUT2D eigenvalue weighted by molar-refractivity contribution is 0.219. The van der Waals surface area contributed by atoms with E-state index in [0.29, 0.717) is 4.47 Å². The molecule has 3 N–H and O–H groups in total. The van der Waals surface area contributed by atoms with E-state index in [1.807, 2.05) is 0 Å². The van der Waals surface area contributed by atoms with Crippen molar-refractivity contribution in [1.82, 2.24) is 5.43 Å². The van der Waals surface area contributed by atoms with Gasteiger partial charge in [0, 0.05) is 4.47 Å². The van der Waals surface area contributed by atoms with Crippen molar-refractivity contribution in [3.63, 3.8) is 0 Å². The molecular formula is C12H14BrFN2O. The fourth-order valence-electron chi connectivity index (χ4n) is 1.93. The van der Waals surface area contributed by atoms with Crippen LogP contribution in [0.5, 0.6) is 0 Å². The first kappa shape index (κ1) is 12.5. The van der Waals surface area contributed by atoms with E-state index < -0.39 is 0 Å². The highest BCUT2D eigenvalue weighted by Gasteiger charge is 2.20. The molecule has 1 heterocycles. The zero-order chi connectivity index (χ0) is 12.3. The van der Waals surface area contributed by atoms with Gasteiger partial charge in [-0.25, -0.2) is 9.82 Å². The Hall–Kier alpha value is -0.910. The van der Waals surface area contributed by atoms with E-state index in [0.717, 1.165) is 30.6 Å². The molecule has 0 amide bonds. The Labute approximate surface area is 108 Å². The minimum Gasteiger partial charge on any atom is -0.501 e. The summed E-state index contributed by atoms with van der Waals surface area (Å²) in [6.45, 7) is 0.741. The van der Waals surface area contributed by atoms with Crippen LogP contribution in [0.4, 0.5) is 4.39 Å². The highest BCUT2D eigenvalue weighted by atomic mass is 79.9. The molecule has 0 spiro atoms. The molecule has 1 aliphatic rings. The van der Waals surface area contributed by atoms with Crippen LogP contribution in [0.25, 0.3) is 0 Å². The predicted molar refractivity (Wildman–Crippen MR) is 67.4 cm³/mol. The zero-order valence-corrected chi connectivity index (χ0v) is 10.8. The summed E-state index contributed by atoms with van der Waals surface area (Å²) in [4.78, 5) is 0. The van der Waals surface area contributed by atoms with Crippen LogP contribution in [-0.4, -0.2) is 6.61 Å². The van der Waals surface area contributed by atoms with E-state index in [1.165, 1.54) is 12.1 Å². The van der Waals surface area contributed by atoms with E-state index in [-0.39, 0.29) is 11.9 Å². The molecule has 0 aromatic heterocycles. The standard InChI is InChI=1S/C12H14BrFN2O/c13-11-6-9(14)3-4-10(11)12(16-15)8-2-1-5-17-7-8/h3-4,6-7,12,16H,1-2,5,15H2. The third-order valence-electron chi connectivity index (χ3n) is 2.77. The van der Waals surface area contributed by atoms with Gasteiger partial charge in [0.1, 0.15) is 5.82 Å². The Kier molecular flexibility index (Phi) is 4.15. The predicted octanol–water partition coefficient (Wildman–Crippen LogP) is 2.79. The molecular weight excluding hydrogens is 287 g/mol. The van der Waals surface area contributed by atoms with Gasteiger partial charge in [-0.3, -0.25) is 5.84 Å². The highest BCUT2D eigenvalue weighted by Crippen LogP contribution is 2.31. The van der Waals surface area contributed by atoms with Gasteiger partial charge in [-0.05, 0) is 36.1 Å². The van der Waals surface area contributed by atoms with Crippen molar-refractivity contribution in [2.75, 3.05) is 6.61 Å². The normalized spacial score (nSPS) is 17.2. The molecule has 0 fully saturated rings. The molecule has 1 aromatic carbocycles. The minimum absolute atomic E-state index is 0.148. The van der Waals surface area contributed by atoms with Gasteiger partial charge < -0.3 is 4.74 Å². The van der Waals surface area contributed by atoms with Crippen LogP contribution < -0.4 is 11.3 Å². The summed E-state index contributed by atoms with van der Waals surface area (Å²) in [6.07, 6.45) is 3.64. The topological polar surface area (TPSA) is 47.3 Å². The second-order valence-electron chi connectivity index (χ2n) is 3.93. The van der Waals surface area contributed by atoms with Crippen molar-refractivity contribution in [2.45, 2.75) is 18.9 Å². The Morgan fingerprint density at radius 1 is 1.47 bits per heavy atom. The van der Waals surface area contributed by atoms with Crippen LogP contribution in [-0.2, 0) is 4.74 Å². The Morgan fingerprint density at radius 2 is 2.29 bits per heavy atom. The van der Waals surface area contributed by atoms with Gasteiger partial charge in [0.15, 0.2) is 0 Å². The molecule has 0 aliphatic carbocycles. The third kappa shape index (κ3) is 2.86. The third-order valence-corrected chi connectivity index (χ3v) is 3.46. The fraction of sp³-hybridized carbons (Fsp3) is 0.333. The molecule has 92 valence electrons. The first-order chi connectivity index (χ1) is 8.22. The molecule has 2 rings (SSSR count). The van der Waals surface area contributed by atoms with Gasteiger partial charge in [0.2, 0.25) is 0 Å². The molecule has 1 unspecified atom stereocenters. The molecule has 1 aliphatic heterocycles. The lowest BCUT2D eigenvalue weighted by Crippen LogP contribution is -2.30. The highest BCUT2D eigenvalue weighted by molar-refractivity contribution is 9.10. The summed E-state index contributed by atoms with van der Waals surface area (Å²) < 4.78 is 19.0. The average molecular weight is 301 g/mol. The van der Waals surface area contributed by atoms with Crippen LogP contribution in [0.1, 0.15) is 24.4 Å². The summed E-state index contributed by atoms with van der Waals surface area (Å²) in [5.74, 6) is 5.31. The SMILES string of the molecule is NNC(C1=COCCC1)c1ccc(F)cc1Br. The second kappa shape index (κ2) is 5.62. The van der Waals surface area contributed by atoms with E-state index in [4.69, 9.17) is 10.6 Å². The van der Waals surface area contributed by atoms with Crippen molar-refractivity contribution in [3.8, 4) is 0 Å². The number of rotatable bonds is 3. The maximum absolute atomic E-state index is 13.0. The largest absolute Gasteiger partial charge is 0.501 e. The van der Waals surface area contributed by atoms with Gasteiger partial charge in [-0.1, -0.05) is 22.0 Å². The van der Waals surface area contributed by atoms with E-state index in [1.54, 1.807) is 12.3 Å². The average Bonchev–Trinajstić information content (AvgIpc) is 2.34.